The molecule has 0 atom stereocenters. The molecule has 31 heavy (non-hydrogen) atoms. The maximum absolute atomic E-state index is 13.0. The molecule has 0 aromatic heterocycles. The van der Waals surface area contributed by atoms with Gasteiger partial charge in [0.15, 0.2) is 0 Å². The van der Waals surface area contributed by atoms with Crippen molar-refractivity contribution in [2.75, 3.05) is 25.0 Å². The highest BCUT2D eigenvalue weighted by atomic mass is 16.5. The zero-order valence-electron chi connectivity index (χ0n) is 18.9. The largest absolute Gasteiger partial charge is 0.337 e. The molecule has 0 saturated heterocycles. The van der Waals surface area contributed by atoms with E-state index < -0.39 is 11.3 Å². The number of carbonyl (C=O) groups excluding carboxylic acids is 3. The van der Waals surface area contributed by atoms with Crippen molar-refractivity contribution < 1.29 is 19.6 Å². The molecule has 2 rings (SSSR count). The molecule has 0 spiro atoms. The minimum atomic E-state index is -0.599. The SMILES string of the molecule is Cc1cccc(NC(=O)NCC(C)(C)CC(=O)N(CC(=O)NO)CC2CCCCC2)c1. The van der Waals surface area contributed by atoms with E-state index in [2.05, 4.69) is 10.6 Å². The number of urea groups is 1. The Bertz CT molecular complexity index is 760. The third-order valence-electron chi connectivity index (χ3n) is 5.65. The number of nitrogens with one attached hydrogen (secondary N) is 3. The molecule has 1 aliphatic carbocycles. The van der Waals surface area contributed by atoms with Gasteiger partial charge in [-0.3, -0.25) is 14.8 Å². The number of hydrogen-bond acceptors (Lipinski definition) is 4. The van der Waals surface area contributed by atoms with Crippen molar-refractivity contribution in [2.24, 2.45) is 11.3 Å². The molecular formula is C23H36N4O4. The standard InChI is InChI=1S/C23H36N4O4/c1-17-8-7-11-19(12-17)25-22(30)24-16-23(2,3)13-21(29)27(15-20(28)26-31)14-18-9-5-4-6-10-18/h7-8,11-12,18,31H,4-6,9-10,13-16H2,1-3H3,(H,26,28)(H2,24,25,30). The monoisotopic (exact) mass is 432 g/mol. The first kappa shape index (κ1) is 24.7. The maximum atomic E-state index is 13.0. The minimum Gasteiger partial charge on any atom is -0.337 e. The van der Waals surface area contributed by atoms with Crippen molar-refractivity contribution >= 4 is 23.5 Å². The Morgan fingerprint density at radius 3 is 2.52 bits per heavy atom. The fraction of sp³-hybridized carbons (Fsp3) is 0.609. The molecule has 1 aromatic rings. The van der Waals surface area contributed by atoms with E-state index in [-0.39, 0.29) is 24.9 Å². The predicted molar refractivity (Wildman–Crippen MR) is 120 cm³/mol. The zero-order chi connectivity index (χ0) is 22.9. The van der Waals surface area contributed by atoms with Crippen LogP contribution >= 0.6 is 0 Å². The van der Waals surface area contributed by atoms with Gasteiger partial charge in [-0.2, -0.15) is 0 Å². The molecule has 8 nitrogen and oxygen atoms in total. The molecule has 4 amide bonds. The average Bonchev–Trinajstić information content (AvgIpc) is 2.72. The molecular weight excluding hydrogens is 396 g/mol. The Labute approximate surface area is 184 Å². The summed E-state index contributed by atoms with van der Waals surface area (Å²) in [5, 5.41) is 14.5. The van der Waals surface area contributed by atoms with Crippen LogP contribution in [0.4, 0.5) is 10.5 Å². The van der Waals surface area contributed by atoms with Crippen molar-refractivity contribution in [3.63, 3.8) is 0 Å². The van der Waals surface area contributed by atoms with Crippen LogP contribution in [0.15, 0.2) is 24.3 Å². The van der Waals surface area contributed by atoms with E-state index in [0.29, 0.717) is 24.7 Å². The number of hydrogen-bond donors (Lipinski definition) is 4. The van der Waals surface area contributed by atoms with Gasteiger partial charge in [0.2, 0.25) is 5.91 Å². The van der Waals surface area contributed by atoms with Crippen LogP contribution in [0.25, 0.3) is 0 Å². The van der Waals surface area contributed by atoms with Gasteiger partial charge in [-0.25, -0.2) is 10.3 Å². The second-order valence-corrected chi connectivity index (χ2v) is 9.33. The Morgan fingerprint density at radius 2 is 1.87 bits per heavy atom. The van der Waals surface area contributed by atoms with Crippen LogP contribution in [0.1, 0.15) is 57.9 Å². The van der Waals surface area contributed by atoms with Crippen molar-refractivity contribution in [3.8, 4) is 0 Å². The lowest BCUT2D eigenvalue weighted by Gasteiger charge is -2.32. The van der Waals surface area contributed by atoms with Gasteiger partial charge >= 0.3 is 6.03 Å². The summed E-state index contributed by atoms with van der Waals surface area (Å²) in [5.41, 5.74) is 2.88. The average molecular weight is 433 g/mol. The number of hydroxylamine groups is 1. The highest BCUT2D eigenvalue weighted by molar-refractivity contribution is 5.89. The van der Waals surface area contributed by atoms with E-state index >= 15 is 0 Å². The topological polar surface area (TPSA) is 111 Å². The molecule has 0 radical (unpaired) electrons. The first-order valence-corrected chi connectivity index (χ1v) is 11.0. The molecule has 8 heteroatoms. The first-order valence-electron chi connectivity index (χ1n) is 11.0. The van der Waals surface area contributed by atoms with E-state index in [4.69, 9.17) is 5.21 Å². The quantitative estimate of drug-likeness (QED) is 0.354. The summed E-state index contributed by atoms with van der Waals surface area (Å²) in [7, 11) is 0. The van der Waals surface area contributed by atoms with Crippen LogP contribution in [-0.4, -0.2) is 47.6 Å². The number of benzene rings is 1. The number of aryl methyl sites for hydroxylation is 1. The van der Waals surface area contributed by atoms with Crippen molar-refractivity contribution in [1.29, 1.82) is 0 Å². The molecule has 0 unspecified atom stereocenters. The Balaban J connectivity index is 1.89. The Kier molecular flexibility index (Phi) is 9.30. The second kappa shape index (κ2) is 11.7. The normalized spacial score (nSPS) is 14.6. The lowest BCUT2D eigenvalue weighted by Crippen LogP contribution is -2.45. The molecule has 0 aliphatic heterocycles. The van der Waals surface area contributed by atoms with Gasteiger partial charge in [-0.1, -0.05) is 45.2 Å². The lowest BCUT2D eigenvalue weighted by atomic mass is 9.87. The van der Waals surface area contributed by atoms with Gasteiger partial charge < -0.3 is 15.5 Å². The number of rotatable bonds is 9. The molecule has 0 bridgehead atoms. The minimum absolute atomic E-state index is 0.153. The number of amides is 4. The molecule has 0 heterocycles. The van der Waals surface area contributed by atoms with Crippen LogP contribution in [0.5, 0.6) is 0 Å². The predicted octanol–water partition coefficient (Wildman–Crippen LogP) is 3.45. The molecule has 1 saturated carbocycles. The molecule has 172 valence electrons. The highest BCUT2D eigenvalue weighted by Gasteiger charge is 2.29. The zero-order valence-corrected chi connectivity index (χ0v) is 18.9. The molecule has 1 aliphatic rings. The van der Waals surface area contributed by atoms with E-state index in [1.54, 1.807) is 5.48 Å². The molecule has 1 aromatic carbocycles. The summed E-state index contributed by atoms with van der Waals surface area (Å²) in [5.74, 6) is -0.372. The summed E-state index contributed by atoms with van der Waals surface area (Å²) < 4.78 is 0. The second-order valence-electron chi connectivity index (χ2n) is 9.33. The smallest absolute Gasteiger partial charge is 0.319 e. The summed E-state index contributed by atoms with van der Waals surface area (Å²) in [6, 6.07) is 7.19. The highest BCUT2D eigenvalue weighted by Crippen LogP contribution is 2.26. The Morgan fingerprint density at radius 1 is 1.16 bits per heavy atom. The van der Waals surface area contributed by atoms with Crippen molar-refractivity contribution in [3.05, 3.63) is 29.8 Å². The van der Waals surface area contributed by atoms with Gasteiger partial charge in [0.25, 0.3) is 5.91 Å². The third kappa shape index (κ3) is 8.96. The van der Waals surface area contributed by atoms with Crippen LogP contribution < -0.4 is 16.1 Å². The molecule has 1 fully saturated rings. The lowest BCUT2D eigenvalue weighted by molar-refractivity contribution is -0.141. The number of carbonyl (C=O) groups is 3. The van der Waals surface area contributed by atoms with Gasteiger partial charge in [0.1, 0.15) is 6.54 Å². The first-order chi connectivity index (χ1) is 14.7. The fourth-order valence-electron chi connectivity index (χ4n) is 3.95. The summed E-state index contributed by atoms with van der Waals surface area (Å²) in [6.45, 7) is 6.42. The van der Waals surface area contributed by atoms with Crippen LogP contribution in [-0.2, 0) is 9.59 Å². The number of nitrogens with zero attached hydrogens (tertiary/aromatic N) is 1. The van der Waals surface area contributed by atoms with Crippen molar-refractivity contribution in [1.82, 2.24) is 15.7 Å². The van der Waals surface area contributed by atoms with Crippen LogP contribution in [0.2, 0.25) is 0 Å². The van der Waals surface area contributed by atoms with E-state index in [1.165, 1.54) is 11.3 Å². The number of anilines is 1. The van der Waals surface area contributed by atoms with Gasteiger partial charge in [-0.15, -0.1) is 0 Å². The summed E-state index contributed by atoms with van der Waals surface area (Å²) in [4.78, 5) is 38.5. The summed E-state index contributed by atoms with van der Waals surface area (Å²) >= 11 is 0. The van der Waals surface area contributed by atoms with Gasteiger partial charge in [0.05, 0.1) is 0 Å². The van der Waals surface area contributed by atoms with Gasteiger partial charge in [-0.05, 0) is 48.8 Å². The maximum Gasteiger partial charge on any atom is 0.319 e. The van der Waals surface area contributed by atoms with Crippen LogP contribution in [0, 0.1) is 18.3 Å². The third-order valence-corrected chi connectivity index (χ3v) is 5.65. The van der Waals surface area contributed by atoms with E-state index in [9.17, 15) is 14.4 Å². The molecule has 4 N–H and O–H groups in total. The van der Waals surface area contributed by atoms with Crippen LogP contribution in [0.3, 0.4) is 0 Å². The van der Waals surface area contributed by atoms with Gasteiger partial charge in [0, 0.05) is 25.2 Å². The summed E-state index contributed by atoms with van der Waals surface area (Å²) in [6.07, 6.45) is 5.78. The van der Waals surface area contributed by atoms with E-state index in [1.807, 2.05) is 45.0 Å². The fourth-order valence-corrected chi connectivity index (χ4v) is 3.95. The van der Waals surface area contributed by atoms with Crippen molar-refractivity contribution in [2.45, 2.75) is 59.3 Å². The Hall–Kier alpha value is -2.61. The van der Waals surface area contributed by atoms with E-state index in [0.717, 1.165) is 31.2 Å².